The Morgan fingerprint density at radius 1 is 0.605 bits per heavy atom. The second-order valence-electron chi connectivity index (χ2n) is 22.9. The van der Waals surface area contributed by atoms with Crippen LogP contribution in [0.15, 0.2) is 84.5 Å². The van der Waals surface area contributed by atoms with Gasteiger partial charge in [0.25, 0.3) is 11.1 Å². The molecule has 19 nitrogen and oxygen atoms in total. The van der Waals surface area contributed by atoms with Crippen LogP contribution >= 0.6 is 0 Å². The summed E-state index contributed by atoms with van der Waals surface area (Å²) in [6, 6.07) is 16.5. The summed E-state index contributed by atoms with van der Waals surface area (Å²) in [5.74, 6) is 3.55. The van der Waals surface area contributed by atoms with Crippen LogP contribution in [0.5, 0.6) is 0 Å². The van der Waals surface area contributed by atoms with Gasteiger partial charge in [0.05, 0.1) is 10.8 Å². The Labute approximate surface area is 474 Å². The molecule has 2 aliphatic carbocycles. The van der Waals surface area contributed by atoms with Crippen molar-refractivity contribution in [3.63, 3.8) is 0 Å². The maximum Gasteiger partial charge on any atom is 0.260 e. The SMILES string of the molecule is Cc1ccc(-c2nnc(CC(C)C)o2)cc1-c1cc2cnc(NC3CCOCC3)nc2n(C2CCCC2)c1=O.Cc1ccc(-c2nnc(CC(C)C)o2)cc1-c1cc2cnc(S(C)=O)nc2n(C2CCCC2)c1=O.NC1CCOCC1. The van der Waals surface area contributed by atoms with E-state index in [2.05, 4.69) is 68.4 Å². The zero-order valence-electron chi connectivity index (χ0n) is 47.8. The third kappa shape index (κ3) is 13.6. The highest BCUT2D eigenvalue weighted by Gasteiger charge is 2.27. The second-order valence-corrected chi connectivity index (χ2v) is 24.2. The average molecular weight is 1120 g/mol. The summed E-state index contributed by atoms with van der Waals surface area (Å²) in [5, 5.41) is 22.2. The zero-order valence-corrected chi connectivity index (χ0v) is 48.6. The fourth-order valence-corrected chi connectivity index (χ4v) is 11.7. The molecule has 2 aromatic carbocycles. The predicted octanol–water partition coefficient (Wildman–Crippen LogP) is 10.7. The van der Waals surface area contributed by atoms with Crippen molar-refractivity contribution in [2.24, 2.45) is 17.6 Å². The molecular weight excluding hydrogens is 1040 g/mol. The van der Waals surface area contributed by atoms with Crippen molar-refractivity contribution in [2.45, 2.75) is 161 Å². The number of ether oxygens (including phenoxy) is 2. The molecule has 20 heteroatoms. The number of aromatic nitrogens is 10. The first kappa shape index (κ1) is 57.4. The number of benzene rings is 2. The number of pyridine rings is 2. The highest BCUT2D eigenvalue weighted by molar-refractivity contribution is 7.84. The first-order chi connectivity index (χ1) is 39.2. The Morgan fingerprint density at radius 3 is 1.51 bits per heavy atom. The monoisotopic (exact) mass is 1120 g/mol. The van der Waals surface area contributed by atoms with Gasteiger partial charge in [-0.15, -0.1) is 20.4 Å². The van der Waals surface area contributed by atoms with E-state index in [0.717, 1.165) is 154 Å². The zero-order chi connectivity index (χ0) is 56.7. The van der Waals surface area contributed by atoms with Crippen LogP contribution < -0.4 is 22.2 Å². The Hall–Kier alpha value is -6.87. The summed E-state index contributed by atoms with van der Waals surface area (Å²) < 4.78 is 38.2. The molecule has 2 saturated heterocycles. The summed E-state index contributed by atoms with van der Waals surface area (Å²) in [7, 11) is -1.33. The minimum absolute atomic E-state index is 0.0172. The van der Waals surface area contributed by atoms with Gasteiger partial charge in [-0.05, 0) is 136 Å². The highest BCUT2D eigenvalue weighted by atomic mass is 32.2. The minimum Gasteiger partial charge on any atom is -0.421 e. The van der Waals surface area contributed by atoms with Crippen LogP contribution in [0, 0.1) is 25.7 Å². The Bertz CT molecular complexity index is 3620. The number of aryl methyl sites for hydroxylation is 2. The fourth-order valence-electron chi connectivity index (χ4n) is 11.3. The lowest BCUT2D eigenvalue weighted by atomic mass is 9.98. The normalized spacial score (nSPS) is 17.0. The fraction of sp³-hybridized carbons (Fsp3) is 0.508. The van der Waals surface area contributed by atoms with E-state index in [-0.39, 0.29) is 34.4 Å². The van der Waals surface area contributed by atoms with E-state index in [4.69, 9.17) is 29.0 Å². The van der Waals surface area contributed by atoms with Gasteiger partial charge in [-0.1, -0.05) is 65.5 Å². The Balaban J connectivity index is 0.000000163. The number of anilines is 1. The first-order valence-corrected chi connectivity index (χ1v) is 30.5. The summed E-state index contributed by atoms with van der Waals surface area (Å²) in [6.45, 7) is 15.7. The van der Waals surface area contributed by atoms with Crippen molar-refractivity contribution in [3.05, 3.63) is 105 Å². The largest absolute Gasteiger partial charge is 0.421 e. The van der Waals surface area contributed by atoms with Gasteiger partial charge >= 0.3 is 0 Å². The number of rotatable bonds is 13. The topological polar surface area (TPSA) is 247 Å². The van der Waals surface area contributed by atoms with Crippen LogP contribution in [0.2, 0.25) is 0 Å². The van der Waals surface area contributed by atoms with Crippen molar-refractivity contribution in [1.82, 2.24) is 49.5 Å². The molecular formula is C61H76N12O7S. The van der Waals surface area contributed by atoms with E-state index in [1.165, 1.54) is 0 Å². The quantitative estimate of drug-likeness (QED) is 0.102. The highest BCUT2D eigenvalue weighted by Crippen LogP contribution is 2.36. The summed E-state index contributed by atoms with van der Waals surface area (Å²) in [6.07, 6.45) is 18.6. The number of hydrogen-bond donors (Lipinski definition) is 2. The summed E-state index contributed by atoms with van der Waals surface area (Å²) >= 11 is 0. The van der Waals surface area contributed by atoms with Crippen molar-refractivity contribution in [3.8, 4) is 45.2 Å². The molecule has 4 aliphatic rings. The third-order valence-corrected chi connectivity index (χ3v) is 16.3. The van der Waals surface area contributed by atoms with E-state index >= 15 is 0 Å². The van der Waals surface area contributed by atoms with Crippen LogP contribution in [-0.4, -0.2) is 98.4 Å². The number of nitrogens with one attached hydrogen (secondary N) is 1. The molecule has 0 amide bonds. The summed E-state index contributed by atoms with van der Waals surface area (Å²) in [5.41, 5.74) is 13.1. The molecule has 1 atom stereocenters. The average Bonchev–Trinajstić information content (AvgIpc) is 4.34. The smallest absolute Gasteiger partial charge is 0.260 e. The second kappa shape index (κ2) is 25.9. The molecule has 4 fully saturated rings. The van der Waals surface area contributed by atoms with Gasteiger partial charge in [0.1, 0.15) is 11.3 Å². The minimum atomic E-state index is -1.33. The predicted molar refractivity (Wildman–Crippen MR) is 314 cm³/mol. The van der Waals surface area contributed by atoms with E-state index < -0.39 is 10.8 Å². The Kier molecular flexibility index (Phi) is 18.4. The van der Waals surface area contributed by atoms with Crippen molar-refractivity contribution >= 4 is 38.8 Å². The number of fused-ring (bicyclic) bond motifs is 2. The maximum absolute atomic E-state index is 14.2. The molecule has 0 spiro atoms. The van der Waals surface area contributed by atoms with Crippen LogP contribution in [0.1, 0.15) is 140 Å². The lowest BCUT2D eigenvalue weighted by Gasteiger charge is -2.23. The molecule has 8 aromatic rings. The van der Waals surface area contributed by atoms with E-state index in [0.29, 0.717) is 76.2 Å². The third-order valence-electron chi connectivity index (χ3n) is 15.6. The standard InChI is InChI=1S/C30H36N6O3.C26H29N5O3S.C5H11NO/c1-18(2)14-26-34-35-28(39-26)20-9-8-19(3)24(15-20)25-16-21-17-31-30(32-22-10-12-38-13-11-22)33-27(21)36(29(25)37)23-6-4-5-7-23;1-15(2)11-22-29-30-24(34-22)17-10-9-16(3)20(12-17)21-13-18-14-27-26(35(4)33)28-23(18)31(25(21)32)19-7-5-6-8-19;6-5-1-3-7-4-2-5/h8-9,15-18,22-23H,4-7,10-14H2,1-3H3,(H,31,32,33);9-10,12-15,19H,5-8,11H2,1-4H3;5H,1-4,6H2. The lowest BCUT2D eigenvalue weighted by Crippen LogP contribution is -2.29. The van der Waals surface area contributed by atoms with Crippen molar-refractivity contribution < 1.29 is 22.5 Å². The molecule has 2 saturated carbocycles. The van der Waals surface area contributed by atoms with Gasteiger partial charge in [-0.25, -0.2) is 15.0 Å². The van der Waals surface area contributed by atoms with Gasteiger partial charge in [0, 0.05) is 115 Å². The molecule has 3 N–H and O–H groups in total. The number of hydrogen-bond acceptors (Lipinski definition) is 17. The van der Waals surface area contributed by atoms with Crippen molar-refractivity contribution in [2.75, 3.05) is 38.0 Å². The van der Waals surface area contributed by atoms with Crippen molar-refractivity contribution in [1.29, 1.82) is 0 Å². The van der Waals surface area contributed by atoms with Crippen LogP contribution in [0.3, 0.4) is 0 Å². The summed E-state index contributed by atoms with van der Waals surface area (Å²) in [4.78, 5) is 46.5. The molecule has 6 aromatic heterocycles. The molecule has 8 heterocycles. The van der Waals surface area contributed by atoms with E-state index in [9.17, 15) is 13.8 Å². The molecule has 0 bridgehead atoms. The molecule has 12 rings (SSSR count). The Morgan fingerprint density at radius 2 is 1.06 bits per heavy atom. The number of nitrogens with zero attached hydrogens (tertiary/aromatic N) is 10. The molecule has 2 aliphatic heterocycles. The van der Waals surface area contributed by atoms with Gasteiger partial charge in [-0.2, -0.15) is 4.98 Å². The van der Waals surface area contributed by atoms with Gasteiger partial charge in [0.2, 0.25) is 34.7 Å². The van der Waals surface area contributed by atoms with Crippen LogP contribution in [0.25, 0.3) is 67.2 Å². The van der Waals surface area contributed by atoms with Crippen LogP contribution in [0.4, 0.5) is 5.95 Å². The van der Waals surface area contributed by atoms with Gasteiger partial charge in [0.15, 0.2) is 0 Å². The van der Waals surface area contributed by atoms with Gasteiger partial charge < -0.3 is 29.4 Å². The lowest BCUT2D eigenvalue weighted by molar-refractivity contribution is 0.0866. The molecule has 428 valence electrons. The van der Waals surface area contributed by atoms with E-state index in [1.807, 2.05) is 73.1 Å². The van der Waals surface area contributed by atoms with E-state index in [1.54, 1.807) is 17.0 Å². The molecule has 81 heavy (non-hydrogen) atoms. The number of nitrogens with two attached hydrogens (primary N) is 1. The maximum atomic E-state index is 14.2. The molecule has 0 radical (unpaired) electrons. The van der Waals surface area contributed by atoms with Gasteiger partial charge in [-0.3, -0.25) is 22.9 Å². The van der Waals surface area contributed by atoms with Crippen LogP contribution in [-0.2, 0) is 33.1 Å². The first-order valence-electron chi connectivity index (χ1n) is 28.9. The molecule has 1 unspecified atom stereocenters.